The standard InChI is InChI=1S/C38H52N12O10/c1-22(51)47-29(10-26-8-6-5-7-9-26)34(57)41-16-38(19-44-37(60)32(13-33(55)56)50-25(4)54,17-42-35(58)30(48-23(2)52)11-27-14-39-20-45-27)18-43-36(59)31(49-24(3)53)12-28-15-40-21-46-28/h5-9,14-15,20-21,29-32H,10-13,16-19H2,1-4H3,(H,39,45)(H,40,46)(H,41,57)(H,42,58)(H,43,59)(H,44,60)(H,47,51)(H,48,52)(H,49,53)(H,50,54)(H,55,56)/t29-,30-,31-,32-/m0/s1. The van der Waals surface area contributed by atoms with Crippen LogP contribution in [0.15, 0.2) is 55.4 Å². The van der Waals surface area contributed by atoms with Crippen molar-refractivity contribution in [2.75, 3.05) is 26.2 Å². The van der Waals surface area contributed by atoms with Gasteiger partial charge in [-0.25, -0.2) is 9.97 Å². The van der Waals surface area contributed by atoms with Gasteiger partial charge in [-0.2, -0.15) is 0 Å². The van der Waals surface area contributed by atoms with Gasteiger partial charge in [0.05, 0.1) is 19.1 Å². The number of aromatic amines is 2. The van der Waals surface area contributed by atoms with E-state index in [-0.39, 0.29) is 19.3 Å². The van der Waals surface area contributed by atoms with Gasteiger partial charge in [-0.3, -0.25) is 43.2 Å². The first-order valence-electron chi connectivity index (χ1n) is 18.8. The van der Waals surface area contributed by atoms with Crippen molar-refractivity contribution in [2.24, 2.45) is 5.41 Å². The molecule has 0 aliphatic heterocycles. The van der Waals surface area contributed by atoms with Gasteiger partial charge >= 0.3 is 5.97 Å². The number of nitrogens with zero attached hydrogens (tertiary/aromatic N) is 2. The van der Waals surface area contributed by atoms with E-state index in [4.69, 9.17) is 0 Å². The molecule has 324 valence electrons. The number of carboxylic acid groups (broad SMARTS) is 1. The minimum atomic E-state index is -1.57. The van der Waals surface area contributed by atoms with Crippen LogP contribution in [-0.4, -0.2) is 129 Å². The molecule has 0 aliphatic rings. The maximum Gasteiger partial charge on any atom is 0.305 e. The molecule has 0 spiro atoms. The second-order valence-corrected chi connectivity index (χ2v) is 14.2. The summed E-state index contributed by atoms with van der Waals surface area (Å²) in [7, 11) is 0. The summed E-state index contributed by atoms with van der Waals surface area (Å²) in [5.74, 6) is -6.67. The molecule has 0 saturated heterocycles. The zero-order chi connectivity index (χ0) is 44.2. The number of carboxylic acids is 1. The van der Waals surface area contributed by atoms with E-state index in [0.29, 0.717) is 11.4 Å². The van der Waals surface area contributed by atoms with Crippen molar-refractivity contribution in [3.8, 4) is 0 Å². The molecule has 1 aromatic carbocycles. The zero-order valence-electron chi connectivity index (χ0n) is 33.7. The van der Waals surface area contributed by atoms with Crippen molar-refractivity contribution in [1.29, 1.82) is 0 Å². The Bertz CT molecular complexity index is 1850. The Labute approximate surface area is 345 Å². The first-order valence-corrected chi connectivity index (χ1v) is 18.8. The van der Waals surface area contributed by atoms with Crippen LogP contribution in [0.1, 0.15) is 51.1 Å². The fourth-order valence-corrected chi connectivity index (χ4v) is 6.04. The fourth-order valence-electron chi connectivity index (χ4n) is 6.04. The molecule has 11 N–H and O–H groups in total. The van der Waals surface area contributed by atoms with Crippen molar-refractivity contribution in [2.45, 2.75) is 77.5 Å². The van der Waals surface area contributed by atoms with E-state index < -0.39 is 115 Å². The van der Waals surface area contributed by atoms with Crippen molar-refractivity contribution in [3.05, 3.63) is 72.3 Å². The van der Waals surface area contributed by atoms with E-state index >= 15 is 0 Å². The van der Waals surface area contributed by atoms with Crippen LogP contribution in [0.2, 0.25) is 0 Å². The molecule has 0 bridgehead atoms. The van der Waals surface area contributed by atoms with Crippen molar-refractivity contribution in [1.82, 2.24) is 62.5 Å². The van der Waals surface area contributed by atoms with Gasteiger partial charge in [0.1, 0.15) is 24.2 Å². The van der Waals surface area contributed by atoms with E-state index in [1.54, 1.807) is 30.3 Å². The number of hydrogen-bond acceptors (Lipinski definition) is 11. The number of nitrogens with one attached hydrogen (secondary N) is 10. The van der Waals surface area contributed by atoms with Crippen LogP contribution in [0, 0.1) is 5.41 Å². The number of hydrogen-bond donors (Lipinski definition) is 11. The van der Waals surface area contributed by atoms with Crippen LogP contribution in [0.3, 0.4) is 0 Å². The summed E-state index contributed by atoms with van der Waals surface area (Å²) in [6.07, 6.45) is 4.97. The number of benzene rings is 1. The molecule has 22 nitrogen and oxygen atoms in total. The maximum atomic E-state index is 13.9. The van der Waals surface area contributed by atoms with Gasteiger partial charge in [0.25, 0.3) is 0 Å². The number of carbonyl (C=O) groups is 9. The number of carbonyl (C=O) groups excluding carboxylic acids is 8. The number of aromatic nitrogens is 4. The second-order valence-electron chi connectivity index (χ2n) is 14.2. The molecule has 3 rings (SSSR count). The van der Waals surface area contributed by atoms with Gasteiger partial charge in [0.2, 0.25) is 47.3 Å². The van der Waals surface area contributed by atoms with Gasteiger partial charge in [-0.15, -0.1) is 0 Å². The highest BCUT2D eigenvalue weighted by atomic mass is 16.4. The quantitative estimate of drug-likeness (QED) is 0.0433. The molecular formula is C38H52N12O10. The summed E-state index contributed by atoms with van der Waals surface area (Å²) in [6.45, 7) is 3.07. The molecule has 4 atom stereocenters. The maximum absolute atomic E-state index is 13.9. The van der Waals surface area contributed by atoms with Crippen LogP contribution in [0.25, 0.3) is 0 Å². The number of imidazole rings is 2. The van der Waals surface area contributed by atoms with Gasteiger partial charge < -0.3 is 57.6 Å². The molecule has 2 heterocycles. The van der Waals surface area contributed by atoms with Crippen LogP contribution >= 0.6 is 0 Å². The van der Waals surface area contributed by atoms with Crippen molar-refractivity contribution < 1.29 is 48.3 Å². The average Bonchev–Trinajstić information content (AvgIpc) is 3.90. The Balaban J connectivity index is 2.05. The summed E-state index contributed by atoms with van der Waals surface area (Å²) in [4.78, 5) is 129. The van der Waals surface area contributed by atoms with E-state index in [0.717, 1.165) is 12.5 Å². The molecule has 22 heteroatoms. The van der Waals surface area contributed by atoms with Crippen molar-refractivity contribution in [3.63, 3.8) is 0 Å². The molecule has 0 aliphatic carbocycles. The smallest absolute Gasteiger partial charge is 0.305 e. The summed E-state index contributed by atoms with van der Waals surface area (Å²) >= 11 is 0. The van der Waals surface area contributed by atoms with E-state index in [2.05, 4.69) is 62.5 Å². The minimum Gasteiger partial charge on any atom is -0.481 e. The number of amides is 8. The molecule has 0 fully saturated rings. The Morgan fingerprint density at radius 1 is 0.550 bits per heavy atom. The van der Waals surface area contributed by atoms with Crippen LogP contribution in [0.4, 0.5) is 0 Å². The third-order valence-electron chi connectivity index (χ3n) is 8.95. The highest BCUT2D eigenvalue weighted by molar-refractivity contribution is 5.91. The summed E-state index contributed by atoms with van der Waals surface area (Å²) < 4.78 is 0. The van der Waals surface area contributed by atoms with Crippen LogP contribution in [-0.2, 0) is 62.4 Å². The van der Waals surface area contributed by atoms with E-state index in [9.17, 15) is 48.3 Å². The van der Waals surface area contributed by atoms with Gasteiger partial charge in [-0.05, 0) is 5.56 Å². The van der Waals surface area contributed by atoms with Gasteiger partial charge in [-0.1, -0.05) is 30.3 Å². The van der Waals surface area contributed by atoms with Crippen LogP contribution in [0.5, 0.6) is 0 Å². The molecule has 3 aromatic rings. The third kappa shape index (κ3) is 16.8. The normalized spacial score (nSPS) is 12.9. The van der Waals surface area contributed by atoms with E-state index in [1.165, 1.54) is 45.8 Å². The largest absolute Gasteiger partial charge is 0.481 e. The first kappa shape index (κ1) is 47.2. The highest BCUT2D eigenvalue weighted by Crippen LogP contribution is 2.16. The van der Waals surface area contributed by atoms with Crippen LogP contribution < -0.4 is 42.5 Å². The molecule has 0 unspecified atom stereocenters. The van der Waals surface area contributed by atoms with Gasteiger partial charge in [0.15, 0.2) is 0 Å². The number of H-pyrrole nitrogens is 2. The molecule has 0 saturated carbocycles. The zero-order valence-corrected chi connectivity index (χ0v) is 33.7. The summed E-state index contributed by atoms with van der Waals surface area (Å²) in [5, 5.41) is 30.4. The highest BCUT2D eigenvalue weighted by Gasteiger charge is 2.37. The number of rotatable bonds is 24. The Morgan fingerprint density at radius 3 is 1.23 bits per heavy atom. The van der Waals surface area contributed by atoms with Crippen molar-refractivity contribution >= 4 is 53.2 Å². The molecule has 2 aromatic heterocycles. The molecule has 60 heavy (non-hydrogen) atoms. The lowest BCUT2D eigenvalue weighted by atomic mass is 9.86. The lowest BCUT2D eigenvalue weighted by Gasteiger charge is -2.36. The Kier molecular flexibility index (Phi) is 18.4. The minimum absolute atomic E-state index is 0.0138. The third-order valence-corrected chi connectivity index (χ3v) is 8.95. The SMILES string of the molecule is CC(=O)N[C@@H](CC(=O)O)C(=O)NCC(CNC(=O)[C@H](Cc1ccccc1)NC(C)=O)(CNC(=O)[C@H](Cc1cnc[nH]1)NC(C)=O)CNC(=O)[C@H](Cc1cnc[nH]1)NC(C)=O. The summed E-state index contributed by atoms with van der Waals surface area (Å²) in [5.41, 5.74) is 0.160. The Morgan fingerprint density at radius 2 is 0.900 bits per heavy atom. The monoisotopic (exact) mass is 836 g/mol. The van der Waals surface area contributed by atoms with Gasteiger partial charge in [0, 0.05) is 102 Å². The molecule has 8 amide bonds. The topological polar surface area (TPSA) is 327 Å². The Hall–Kier alpha value is -7.13. The first-order chi connectivity index (χ1) is 28.4. The fraction of sp³-hybridized carbons (Fsp3) is 0.447. The second kappa shape index (κ2) is 23.3. The van der Waals surface area contributed by atoms with E-state index in [1.807, 2.05) is 0 Å². The predicted octanol–water partition coefficient (Wildman–Crippen LogP) is -2.89. The summed E-state index contributed by atoms with van der Waals surface area (Å²) in [6, 6.07) is 3.90. The average molecular weight is 837 g/mol. The lowest BCUT2D eigenvalue weighted by molar-refractivity contribution is -0.140. The number of aliphatic carboxylic acids is 1. The lowest BCUT2D eigenvalue weighted by Crippen LogP contribution is -2.61. The predicted molar refractivity (Wildman–Crippen MR) is 212 cm³/mol. The molecule has 0 radical (unpaired) electrons. The molecular weight excluding hydrogens is 784 g/mol.